The van der Waals surface area contributed by atoms with E-state index in [0.29, 0.717) is 24.4 Å². The van der Waals surface area contributed by atoms with E-state index in [1.54, 1.807) is 0 Å². The lowest BCUT2D eigenvalue weighted by Crippen LogP contribution is -2.26. The van der Waals surface area contributed by atoms with Gasteiger partial charge in [-0.05, 0) is 31.6 Å². The minimum Gasteiger partial charge on any atom is -0.387 e. The van der Waals surface area contributed by atoms with Crippen LogP contribution in [0.2, 0.25) is 0 Å². The number of hydrogen-bond donors (Lipinski definition) is 2. The van der Waals surface area contributed by atoms with Gasteiger partial charge < -0.3 is 11.1 Å². The maximum Gasteiger partial charge on any atom is 0.247 e. The summed E-state index contributed by atoms with van der Waals surface area (Å²) in [6, 6.07) is 5.94. The first-order valence-corrected chi connectivity index (χ1v) is 6.02. The van der Waals surface area contributed by atoms with Crippen molar-refractivity contribution in [2.75, 3.05) is 6.54 Å². The van der Waals surface area contributed by atoms with Gasteiger partial charge in [0.15, 0.2) is 0 Å². The van der Waals surface area contributed by atoms with E-state index in [9.17, 15) is 4.79 Å². The highest BCUT2D eigenvalue weighted by Crippen LogP contribution is 2.27. The molecule has 0 unspecified atom stereocenters. The van der Waals surface area contributed by atoms with Crippen molar-refractivity contribution in [2.45, 2.75) is 20.3 Å². The van der Waals surface area contributed by atoms with Crippen LogP contribution in [0.5, 0.6) is 0 Å². The molecule has 4 heteroatoms. The molecule has 94 valence electrons. The Balaban J connectivity index is 2.45. The predicted octanol–water partition coefficient (Wildman–Crippen LogP) is 1.91. The molecule has 4 nitrogen and oxygen atoms in total. The molecule has 3 N–H and O–H groups in total. The Morgan fingerprint density at radius 2 is 2.28 bits per heavy atom. The molecular weight excluding hydrogens is 226 g/mol. The molecule has 0 aliphatic carbocycles. The number of aryl methyl sites for hydroxylation is 1. The smallest absolute Gasteiger partial charge is 0.247 e. The zero-order chi connectivity index (χ0) is 13.1. The first kappa shape index (κ1) is 12.4. The molecule has 1 heterocycles. The summed E-state index contributed by atoms with van der Waals surface area (Å²) in [4.78, 5) is 16.2. The van der Waals surface area contributed by atoms with E-state index < -0.39 is 0 Å². The van der Waals surface area contributed by atoms with Crippen LogP contribution in [-0.4, -0.2) is 18.3 Å². The number of amidine groups is 1. The van der Waals surface area contributed by atoms with Crippen LogP contribution in [-0.2, 0) is 4.79 Å². The molecule has 0 radical (unpaired) electrons. The number of aliphatic imine (C=N–C) groups is 1. The lowest BCUT2D eigenvalue weighted by Gasteiger charge is -2.05. The number of amides is 1. The Hall–Kier alpha value is -2.10. The fraction of sp³-hybridized carbons (Fsp3) is 0.286. The van der Waals surface area contributed by atoms with Crippen molar-refractivity contribution in [1.29, 1.82) is 0 Å². The molecule has 18 heavy (non-hydrogen) atoms. The summed E-state index contributed by atoms with van der Waals surface area (Å²) in [6.45, 7) is 4.50. The van der Waals surface area contributed by atoms with Crippen molar-refractivity contribution in [3.63, 3.8) is 0 Å². The van der Waals surface area contributed by atoms with E-state index in [2.05, 4.69) is 10.3 Å². The minimum atomic E-state index is -0.0796. The number of nitrogens with two attached hydrogens (primary N) is 1. The van der Waals surface area contributed by atoms with Crippen LogP contribution in [0.25, 0.3) is 6.08 Å². The summed E-state index contributed by atoms with van der Waals surface area (Å²) in [7, 11) is 0. The van der Waals surface area contributed by atoms with E-state index in [1.165, 1.54) is 0 Å². The Kier molecular flexibility index (Phi) is 3.46. The maximum absolute atomic E-state index is 11.9. The van der Waals surface area contributed by atoms with Crippen LogP contribution in [0, 0.1) is 6.92 Å². The molecule has 1 aliphatic heterocycles. The SMILES string of the molecule is CCNC(=O)C1=Cc2ccc(C)cc2N=C(N)C1. The van der Waals surface area contributed by atoms with Gasteiger partial charge in [-0.3, -0.25) is 4.79 Å². The fourth-order valence-electron chi connectivity index (χ4n) is 1.92. The first-order chi connectivity index (χ1) is 8.60. The average molecular weight is 243 g/mol. The number of benzene rings is 1. The van der Waals surface area contributed by atoms with Gasteiger partial charge in [0.1, 0.15) is 5.84 Å². The van der Waals surface area contributed by atoms with Crippen molar-refractivity contribution in [3.05, 3.63) is 34.9 Å². The van der Waals surface area contributed by atoms with Gasteiger partial charge in [0.25, 0.3) is 0 Å². The Morgan fingerprint density at radius 3 is 3.00 bits per heavy atom. The zero-order valence-electron chi connectivity index (χ0n) is 10.7. The number of likely N-dealkylation sites (N-methyl/N-ethyl adjacent to an activating group) is 1. The zero-order valence-corrected chi connectivity index (χ0v) is 10.7. The van der Waals surface area contributed by atoms with Crippen LogP contribution >= 0.6 is 0 Å². The summed E-state index contributed by atoms with van der Waals surface area (Å²) in [5, 5.41) is 2.79. The molecule has 2 rings (SSSR count). The van der Waals surface area contributed by atoms with E-state index in [1.807, 2.05) is 38.1 Å². The Morgan fingerprint density at radius 1 is 1.50 bits per heavy atom. The summed E-state index contributed by atoms with van der Waals surface area (Å²) < 4.78 is 0. The predicted molar refractivity (Wildman–Crippen MR) is 73.7 cm³/mol. The number of nitrogens with one attached hydrogen (secondary N) is 1. The fourth-order valence-corrected chi connectivity index (χ4v) is 1.92. The van der Waals surface area contributed by atoms with Gasteiger partial charge >= 0.3 is 0 Å². The highest BCUT2D eigenvalue weighted by atomic mass is 16.1. The molecule has 0 atom stereocenters. The molecule has 0 aromatic heterocycles. The molecular formula is C14H17N3O. The summed E-state index contributed by atoms with van der Waals surface area (Å²) >= 11 is 0. The third-order valence-corrected chi connectivity index (χ3v) is 2.78. The van der Waals surface area contributed by atoms with Crippen molar-refractivity contribution in [2.24, 2.45) is 10.7 Å². The van der Waals surface area contributed by atoms with Gasteiger partial charge in [-0.1, -0.05) is 12.1 Å². The quantitative estimate of drug-likeness (QED) is 0.833. The lowest BCUT2D eigenvalue weighted by molar-refractivity contribution is -0.117. The molecule has 1 aromatic rings. The second-order valence-electron chi connectivity index (χ2n) is 4.37. The topological polar surface area (TPSA) is 67.5 Å². The number of carbonyl (C=O) groups is 1. The summed E-state index contributed by atoms with van der Waals surface area (Å²) in [5.41, 5.74) is 9.39. The molecule has 0 spiro atoms. The summed E-state index contributed by atoms with van der Waals surface area (Å²) in [5.74, 6) is 0.390. The number of rotatable bonds is 2. The molecule has 0 fully saturated rings. The lowest BCUT2D eigenvalue weighted by atomic mass is 10.1. The number of hydrogen-bond acceptors (Lipinski definition) is 3. The number of carbonyl (C=O) groups excluding carboxylic acids is 1. The molecule has 0 saturated heterocycles. The van der Waals surface area contributed by atoms with Crippen molar-refractivity contribution in [1.82, 2.24) is 5.32 Å². The van der Waals surface area contributed by atoms with Crippen LogP contribution in [0.4, 0.5) is 5.69 Å². The van der Waals surface area contributed by atoms with Crippen LogP contribution in [0.3, 0.4) is 0 Å². The normalized spacial score (nSPS) is 14.1. The third kappa shape index (κ3) is 2.59. The van der Waals surface area contributed by atoms with Gasteiger partial charge in [0.05, 0.1) is 5.69 Å². The average Bonchev–Trinajstić information content (AvgIpc) is 2.47. The molecule has 0 bridgehead atoms. The molecule has 1 aromatic carbocycles. The standard InChI is InChI=1S/C14H17N3O/c1-3-16-14(18)11-7-10-5-4-9(2)6-12(10)17-13(15)8-11/h4-7H,3,8H2,1-2H3,(H2,15,17)(H,16,18). The van der Waals surface area contributed by atoms with E-state index in [0.717, 1.165) is 16.8 Å². The molecule has 1 amide bonds. The van der Waals surface area contributed by atoms with E-state index >= 15 is 0 Å². The number of nitrogens with zero attached hydrogens (tertiary/aromatic N) is 1. The van der Waals surface area contributed by atoms with E-state index in [4.69, 9.17) is 5.73 Å². The highest BCUT2D eigenvalue weighted by Gasteiger charge is 2.15. The second-order valence-corrected chi connectivity index (χ2v) is 4.37. The monoisotopic (exact) mass is 243 g/mol. The van der Waals surface area contributed by atoms with Crippen LogP contribution in [0.1, 0.15) is 24.5 Å². The van der Waals surface area contributed by atoms with Crippen molar-refractivity contribution < 1.29 is 4.79 Å². The van der Waals surface area contributed by atoms with Gasteiger partial charge in [0.2, 0.25) is 5.91 Å². The maximum atomic E-state index is 11.9. The number of fused-ring (bicyclic) bond motifs is 1. The van der Waals surface area contributed by atoms with Crippen LogP contribution < -0.4 is 11.1 Å². The van der Waals surface area contributed by atoms with Gasteiger partial charge in [-0.25, -0.2) is 4.99 Å². The van der Waals surface area contributed by atoms with Crippen molar-refractivity contribution >= 4 is 23.5 Å². The molecule has 1 aliphatic rings. The van der Waals surface area contributed by atoms with Crippen LogP contribution in [0.15, 0.2) is 28.8 Å². The molecule has 0 saturated carbocycles. The van der Waals surface area contributed by atoms with Gasteiger partial charge in [0, 0.05) is 24.1 Å². The van der Waals surface area contributed by atoms with Gasteiger partial charge in [-0.2, -0.15) is 0 Å². The third-order valence-electron chi connectivity index (χ3n) is 2.78. The van der Waals surface area contributed by atoms with Gasteiger partial charge in [-0.15, -0.1) is 0 Å². The Labute approximate surface area is 107 Å². The Bertz CT molecular complexity index is 544. The largest absolute Gasteiger partial charge is 0.387 e. The first-order valence-electron chi connectivity index (χ1n) is 6.02. The second kappa shape index (κ2) is 5.04. The highest BCUT2D eigenvalue weighted by molar-refractivity contribution is 6.05. The van der Waals surface area contributed by atoms with E-state index in [-0.39, 0.29) is 5.91 Å². The van der Waals surface area contributed by atoms with Crippen molar-refractivity contribution in [3.8, 4) is 0 Å². The minimum absolute atomic E-state index is 0.0796. The summed E-state index contributed by atoms with van der Waals surface area (Å²) in [6.07, 6.45) is 2.25.